The fourth-order valence-electron chi connectivity index (χ4n) is 2.55. The average molecular weight is 410 g/mol. The minimum absolute atomic E-state index is 0.0915. The minimum Gasteiger partial charge on any atom is -0.494 e. The molecule has 29 heavy (non-hydrogen) atoms. The molecule has 1 aromatic heterocycles. The van der Waals surface area contributed by atoms with Crippen LogP contribution in [0.25, 0.3) is 5.69 Å². The molecule has 0 fully saturated rings. The monoisotopic (exact) mass is 410 g/mol. The van der Waals surface area contributed by atoms with Crippen molar-refractivity contribution >= 4 is 29.2 Å². The van der Waals surface area contributed by atoms with Crippen LogP contribution in [0, 0.1) is 0 Å². The van der Waals surface area contributed by atoms with Gasteiger partial charge in [0.05, 0.1) is 12.3 Å². The molecule has 3 N–H and O–H groups in total. The minimum atomic E-state index is -0.779. The van der Waals surface area contributed by atoms with Crippen molar-refractivity contribution in [3.63, 3.8) is 0 Å². The number of aromatic amines is 1. The van der Waals surface area contributed by atoms with Crippen molar-refractivity contribution < 1.29 is 9.84 Å². The Bertz CT molecular complexity index is 1150. The number of anilines is 1. The lowest BCUT2D eigenvalue weighted by molar-refractivity contribution is 0.340. The quantitative estimate of drug-likeness (QED) is 0.440. The van der Waals surface area contributed by atoms with Crippen molar-refractivity contribution in [3.05, 3.63) is 81.0 Å². The molecule has 8 nitrogen and oxygen atoms in total. The molecule has 0 aliphatic heterocycles. The Morgan fingerprint density at radius 2 is 1.90 bits per heavy atom. The summed E-state index contributed by atoms with van der Waals surface area (Å²) in [5.41, 5.74) is -0.672. The van der Waals surface area contributed by atoms with Gasteiger partial charge in [0.25, 0.3) is 5.56 Å². The number of hydrogen-bond donors (Lipinski definition) is 3. The first-order valence-electron chi connectivity index (χ1n) is 8.71. The van der Waals surface area contributed by atoms with Gasteiger partial charge in [-0.15, -0.1) is 0 Å². The highest BCUT2D eigenvalue weighted by Gasteiger charge is 2.14. The summed E-state index contributed by atoms with van der Waals surface area (Å²) in [5.74, 6) is 0.0708. The lowest BCUT2D eigenvalue weighted by atomic mass is 10.2. The van der Waals surface area contributed by atoms with E-state index in [4.69, 9.17) is 17.0 Å². The topological polar surface area (TPSA) is 109 Å². The summed E-state index contributed by atoms with van der Waals surface area (Å²) in [4.78, 5) is 30.5. The van der Waals surface area contributed by atoms with Gasteiger partial charge in [0.2, 0.25) is 5.88 Å². The maximum Gasteiger partial charge on any atom is 0.335 e. The number of hydrogen-bond acceptors (Lipinski definition) is 5. The largest absolute Gasteiger partial charge is 0.494 e. The number of aromatic nitrogens is 2. The molecule has 0 radical (unpaired) electrons. The van der Waals surface area contributed by atoms with Gasteiger partial charge < -0.3 is 15.2 Å². The first kappa shape index (κ1) is 20.0. The molecule has 0 bridgehead atoms. The van der Waals surface area contributed by atoms with Gasteiger partial charge in [-0.1, -0.05) is 18.2 Å². The highest BCUT2D eigenvalue weighted by Crippen LogP contribution is 2.19. The van der Waals surface area contributed by atoms with E-state index < -0.39 is 17.1 Å². The molecule has 3 rings (SSSR count). The summed E-state index contributed by atoms with van der Waals surface area (Å²) in [6.07, 6.45) is 1.11. The number of thiocarbonyl (C=S) groups is 1. The average Bonchev–Trinajstić information content (AvgIpc) is 2.70. The first-order chi connectivity index (χ1) is 14.0. The van der Waals surface area contributed by atoms with Crippen molar-refractivity contribution in [2.45, 2.75) is 6.92 Å². The van der Waals surface area contributed by atoms with Crippen LogP contribution in [0.4, 0.5) is 5.69 Å². The van der Waals surface area contributed by atoms with E-state index in [9.17, 15) is 14.7 Å². The molecule has 0 aliphatic rings. The molecule has 1 heterocycles. The molecule has 0 saturated heterocycles. The molecule has 3 aromatic rings. The van der Waals surface area contributed by atoms with Crippen molar-refractivity contribution in [2.24, 2.45) is 4.99 Å². The van der Waals surface area contributed by atoms with Crippen molar-refractivity contribution in [1.82, 2.24) is 9.55 Å². The maximum absolute atomic E-state index is 12.2. The molecule has 0 amide bonds. The number of rotatable bonds is 5. The number of aliphatic imine (C=N–C) groups is 1. The molecule has 0 saturated carbocycles. The van der Waals surface area contributed by atoms with Crippen LogP contribution in [-0.4, -0.2) is 32.6 Å². The number of nitrogens with one attached hydrogen (secondary N) is 2. The Kier molecular flexibility index (Phi) is 6.20. The van der Waals surface area contributed by atoms with E-state index in [2.05, 4.69) is 15.3 Å². The predicted octanol–water partition coefficient (Wildman–Crippen LogP) is 2.45. The smallest absolute Gasteiger partial charge is 0.335 e. The summed E-state index contributed by atoms with van der Waals surface area (Å²) >= 11 is 5.13. The van der Waals surface area contributed by atoms with Gasteiger partial charge >= 0.3 is 5.69 Å². The van der Waals surface area contributed by atoms with Crippen LogP contribution >= 0.6 is 12.2 Å². The lowest BCUT2D eigenvalue weighted by Gasteiger charge is -2.10. The van der Waals surface area contributed by atoms with Gasteiger partial charge in [0.15, 0.2) is 5.11 Å². The number of nitrogens with zero attached hydrogens (tertiary/aromatic N) is 2. The Morgan fingerprint density at radius 1 is 1.21 bits per heavy atom. The zero-order valence-corrected chi connectivity index (χ0v) is 16.3. The standard InChI is InChI=1S/C20H18N4O4S/c1-2-28-15-10-8-14(9-11-15)24-18(26)16(17(25)23-20(24)27)12-21-19(29)22-13-6-4-3-5-7-13/h3-12,26H,2H2,1H3,(H,22,29)(H,23,25,27). The normalized spacial score (nSPS) is 10.8. The van der Waals surface area contributed by atoms with E-state index in [1.54, 1.807) is 36.4 Å². The number of H-pyrrole nitrogens is 1. The van der Waals surface area contributed by atoms with Gasteiger partial charge in [-0.2, -0.15) is 0 Å². The van der Waals surface area contributed by atoms with Crippen LogP contribution < -0.4 is 21.3 Å². The summed E-state index contributed by atoms with van der Waals surface area (Å²) in [5, 5.41) is 13.5. The highest BCUT2D eigenvalue weighted by molar-refractivity contribution is 7.80. The molecular formula is C20H18N4O4S. The van der Waals surface area contributed by atoms with E-state index in [1.165, 1.54) is 0 Å². The molecule has 0 spiro atoms. The molecule has 0 unspecified atom stereocenters. The molecule has 2 aromatic carbocycles. The summed E-state index contributed by atoms with van der Waals surface area (Å²) < 4.78 is 6.33. The van der Waals surface area contributed by atoms with Gasteiger partial charge in [-0.25, -0.2) is 14.4 Å². The Morgan fingerprint density at radius 3 is 2.55 bits per heavy atom. The molecule has 148 valence electrons. The third-order valence-corrected chi connectivity index (χ3v) is 4.07. The van der Waals surface area contributed by atoms with Crippen LogP contribution in [-0.2, 0) is 0 Å². The fourth-order valence-corrected chi connectivity index (χ4v) is 2.72. The van der Waals surface area contributed by atoms with Crippen LogP contribution in [0.1, 0.15) is 12.5 Å². The van der Waals surface area contributed by atoms with Gasteiger partial charge in [-0.3, -0.25) is 9.78 Å². The van der Waals surface area contributed by atoms with E-state index in [0.717, 1.165) is 16.5 Å². The Labute approximate surface area is 171 Å². The summed E-state index contributed by atoms with van der Waals surface area (Å²) in [6, 6.07) is 15.6. The second kappa shape index (κ2) is 8.98. The third-order valence-electron chi connectivity index (χ3n) is 3.86. The van der Waals surface area contributed by atoms with E-state index in [1.807, 2.05) is 25.1 Å². The zero-order chi connectivity index (χ0) is 20.8. The lowest BCUT2D eigenvalue weighted by Crippen LogP contribution is -2.31. The second-order valence-electron chi connectivity index (χ2n) is 5.81. The summed E-state index contributed by atoms with van der Waals surface area (Å²) in [6.45, 7) is 2.36. The highest BCUT2D eigenvalue weighted by atomic mass is 32.1. The van der Waals surface area contributed by atoms with Crippen molar-refractivity contribution in [3.8, 4) is 17.3 Å². The number of benzene rings is 2. The van der Waals surface area contributed by atoms with E-state index in [0.29, 0.717) is 18.0 Å². The van der Waals surface area contributed by atoms with Gasteiger partial charge in [-0.05, 0) is 55.5 Å². The van der Waals surface area contributed by atoms with Crippen molar-refractivity contribution in [1.29, 1.82) is 0 Å². The van der Waals surface area contributed by atoms with Gasteiger partial charge in [0.1, 0.15) is 11.3 Å². The van der Waals surface area contributed by atoms with E-state index >= 15 is 0 Å². The summed E-state index contributed by atoms with van der Waals surface area (Å²) in [7, 11) is 0. The molecule has 9 heteroatoms. The Balaban J connectivity index is 1.92. The van der Waals surface area contributed by atoms with Gasteiger partial charge in [0, 0.05) is 11.9 Å². The van der Waals surface area contributed by atoms with Crippen LogP contribution in [0.2, 0.25) is 0 Å². The number of aromatic hydroxyl groups is 1. The van der Waals surface area contributed by atoms with Crippen LogP contribution in [0.3, 0.4) is 0 Å². The van der Waals surface area contributed by atoms with E-state index in [-0.39, 0.29) is 10.7 Å². The predicted molar refractivity (Wildman–Crippen MR) is 116 cm³/mol. The zero-order valence-electron chi connectivity index (χ0n) is 15.5. The first-order valence-corrected chi connectivity index (χ1v) is 9.12. The molecule has 0 atom stereocenters. The molecule has 0 aliphatic carbocycles. The van der Waals surface area contributed by atoms with Crippen LogP contribution in [0.15, 0.2) is 69.2 Å². The number of para-hydroxylation sites is 1. The number of ether oxygens (including phenoxy) is 1. The van der Waals surface area contributed by atoms with Crippen LogP contribution in [0.5, 0.6) is 11.6 Å². The second-order valence-corrected chi connectivity index (χ2v) is 6.20. The molecular weight excluding hydrogens is 392 g/mol. The maximum atomic E-state index is 12.2. The SMILES string of the molecule is CCOc1ccc(-n2c(O)c(C=NC(=S)Nc3ccccc3)c(=O)[nH]c2=O)cc1. The fraction of sp³-hybridized carbons (Fsp3) is 0.100. The van der Waals surface area contributed by atoms with Crippen molar-refractivity contribution in [2.75, 3.05) is 11.9 Å². The Hall–Kier alpha value is -3.72. The third kappa shape index (κ3) is 4.77.